The van der Waals surface area contributed by atoms with Gasteiger partial charge in [0.2, 0.25) is 0 Å². The summed E-state index contributed by atoms with van der Waals surface area (Å²) >= 11 is 1.02. The summed E-state index contributed by atoms with van der Waals surface area (Å²) in [5, 5.41) is 10.7. The number of ketones is 1. The third kappa shape index (κ3) is 5.15. The van der Waals surface area contributed by atoms with Crippen molar-refractivity contribution in [3.05, 3.63) is 29.7 Å². The molecule has 0 fully saturated rings. The van der Waals surface area contributed by atoms with E-state index in [1.165, 1.54) is 19.3 Å². The summed E-state index contributed by atoms with van der Waals surface area (Å²) < 4.78 is 28.8. The third-order valence-electron chi connectivity index (χ3n) is 2.46. The smallest absolute Gasteiger partial charge is 0.362 e. The van der Waals surface area contributed by atoms with Gasteiger partial charge in [0.25, 0.3) is 0 Å². The number of furan rings is 1. The van der Waals surface area contributed by atoms with E-state index >= 15 is 0 Å². The van der Waals surface area contributed by atoms with E-state index in [4.69, 9.17) is 18.7 Å². The molecule has 0 amide bonds. The van der Waals surface area contributed by atoms with Crippen LogP contribution in [0, 0.1) is 10.7 Å². The molecule has 0 aliphatic rings. The van der Waals surface area contributed by atoms with Crippen molar-refractivity contribution in [2.45, 2.75) is 26.5 Å². The van der Waals surface area contributed by atoms with Crippen LogP contribution in [0.25, 0.3) is 5.31 Å². The Labute approximate surface area is 134 Å². The third-order valence-corrected chi connectivity index (χ3v) is 5.19. The highest BCUT2D eigenvalue weighted by molar-refractivity contribution is 8.02. The quantitative estimate of drug-likeness (QED) is 0.377. The summed E-state index contributed by atoms with van der Waals surface area (Å²) in [7, 11) is -3.61. The number of thioether (sulfide) groups is 1. The summed E-state index contributed by atoms with van der Waals surface area (Å²) in [6.07, 6.45) is 2.62. The van der Waals surface area contributed by atoms with Crippen LogP contribution in [0.3, 0.4) is 0 Å². The van der Waals surface area contributed by atoms with Gasteiger partial charge in [0, 0.05) is 5.56 Å². The van der Waals surface area contributed by atoms with E-state index in [-0.39, 0.29) is 24.3 Å². The summed E-state index contributed by atoms with van der Waals surface area (Å²) in [5.41, 5.74) is 0.453. The average molecular weight is 343 g/mol. The Morgan fingerprint density at radius 2 is 2.09 bits per heavy atom. The largest absolute Gasteiger partial charge is 0.468 e. The van der Waals surface area contributed by atoms with Gasteiger partial charge in [0.1, 0.15) is 11.2 Å². The van der Waals surface area contributed by atoms with Crippen LogP contribution in [0.1, 0.15) is 32.1 Å². The van der Waals surface area contributed by atoms with Crippen molar-refractivity contribution in [3.8, 4) is 5.40 Å². The fraction of sp³-hybridized carbons (Fsp3) is 0.429. The van der Waals surface area contributed by atoms with Crippen molar-refractivity contribution in [1.82, 2.24) is 0 Å². The highest BCUT2D eigenvalue weighted by atomic mass is 32.2. The Kier molecular flexibility index (Phi) is 7.63. The fourth-order valence-electron chi connectivity index (χ4n) is 1.72. The minimum absolute atomic E-state index is 0.167. The molecule has 0 N–H and O–H groups in total. The number of nitriles is 1. The van der Waals surface area contributed by atoms with Crippen molar-refractivity contribution in [3.63, 3.8) is 0 Å². The van der Waals surface area contributed by atoms with Gasteiger partial charge in [-0.15, -0.1) is 0 Å². The Morgan fingerprint density at radius 3 is 2.59 bits per heavy atom. The summed E-state index contributed by atoms with van der Waals surface area (Å²) in [6.45, 7) is 5.11. The van der Waals surface area contributed by atoms with E-state index in [1.807, 2.05) is 5.40 Å². The predicted octanol–water partition coefficient (Wildman–Crippen LogP) is 4.19. The second-order valence-electron chi connectivity index (χ2n) is 4.15. The van der Waals surface area contributed by atoms with Crippen LogP contribution in [0.5, 0.6) is 0 Å². The number of allylic oxidation sites excluding steroid dienone is 1. The van der Waals surface area contributed by atoms with Gasteiger partial charge in [-0.25, -0.2) is 0 Å². The molecule has 0 saturated carbocycles. The van der Waals surface area contributed by atoms with Crippen LogP contribution < -0.4 is 0 Å². The lowest BCUT2D eigenvalue weighted by Gasteiger charge is -2.19. The molecular weight excluding hydrogens is 325 g/mol. The maximum atomic E-state index is 12.9. The first-order chi connectivity index (χ1) is 10.5. The molecule has 1 rings (SSSR count). The average Bonchev–Trinajstić information content (AvgIpc) is 2.91. The van der Waals surface area contributed by atoms with Gasteiger partial charge in [-0.1, -0.05) is 0 Å². The van der Waals surface area contributed by atoms with Gasteiger partial charge in [0.05, 0.1) is 30.5 Å². The van der Waals surface area contributed by atoms with Crippen LogP contribution in [0.4, 0.5) is 0 Å². The fourth-order valence-corrected chi connectivity index (χ4v) is 3.89. The maximum Gasteiger partial charge on any atom is 0.362 e. The van der Waals surface area contributed by atoms with Crippen molar-refractivity contribution in [2.75, 3.05) is 13.2 Å². The maximum absolute atomic E-state index is 12.9. The van der Waals surface area contributed by atoms with E-state index in [0.29, 0.717) is 17.1 Å². The van der Waals surface area contributed by atoms with Gasteiger partial charge in [0.15, 0.2) is 5.78 Å². The van der Waals surface area contributed by atoms with Crippen LogP contribution in [-0.2, 0) is 24.2 Å². The molecule has 0 aliphatic heterocycles. The molecular formula is C14H18NO5PS. The highest BCUT2D eigenvalue weighted by Crippen LogP contribution is 2.60. The molecule has 0 saturated heterocycles. The molecule has 1 aromatic heterocycles. The first-order valence-electron chi connectivity index (χ1n) is 6.67. The normalized spacial score (nSPS) is 12.2. The van der Waals surface area contributed by atoms with Crippen LogP contribution in [0.2, 0.25) is 0 Å². The lowest BCUT2D eigenvalue weighted by molar-refractivity contribution is -0.112. The van der Waals surface area contributed by atoms with Gasteiger partial charge in [-0.3, -0.25) is 9.36 Å². The van der Waals surface area contributed by atoms with Gasteiger partial charge in [-0.2, -0.15) is 5.26 Å². The number of hydrogen-bond donors (Lipinski definition) is 0. The molecule has 22 heavy (non-hydrogen) atoms. The van der Waals surface area contributed by atoms with Crippen molar-refractivity contribution < 1.29 is 22.8 Å². The Hall–Kier alpha value is -1.32. The van der Waals surface area contributed by atoms with E-state index in [0.717, 1.165) is 11.8 Å². The molecule has 120 valence electrons. The topological polar surface area (TPSA) is 89.5 Å². The van der Waals surface area contributed by atoms with Crippen LogP contribution in [0.15, 0.2) is 22.8 Å². The minimum atomic E-state index is -3.61. The lowest BCUT2D eigenvalue weighted by Crippen LogP contribution is -2.00. The molecule has 0 radical (unpaired) electrons. The van der Waals surface area contributed by atoms with Gasteiger partial charge in [-0.05, 0) is 44.7 Å². The summed E-state index contributed by atoms with van der Waals surface area (Å²) in [4.78, 5) is 11.5. The SMILES string of the molecule is CCOP(=O)(OCC)C(=CC(C)=O)c1coc(CSC#N)c1. The second-order valence-corrected chi connectivity index (χ2v) is 6.91. The number of thiocyanates is 1. The molecule has 1 aromatic rings. The lowest BCUT2D eigenvalue weighted by atomic mass is 10.2. The minimum Gasteiger partial charge on any atom is -0.468 e. The number of rotatable bonds is 9. The van der Waals surface area contributed by atoms with Crippen LogP contribution >= 0.6 is 19.4 Å². The molecule has 0 unspecified atom stereocenters. The Bertz CT molecular complexity index is 621. The Balaban J connectivity index is 3.23. The molecule has 1 heterocycles. The predicted molar refractivity (Wildman–Crippen MR) is 85.1 cm³/mol. The highest BCUT2D eigenvalue weighted by Gasteiger charge is 2.32. The molecule has 0 atom stereocenters. The molecule has 0 aliphatic carbocycles. The molecule has 0 aromatic carbocycles. The van der Waals surface area contributed by atoms with Crippen molar-refractivity contribution in [1.29, 1.82) is 5.26 Å². The van der Waals surface area contributed by atoms with Crippen molar-refractivity contribution in [2.24, 2.45) is 0 Å². The zero-order valence-corrected chi connectivity index (χ0v) is 14.4. The van der Waals surface area contributed by atoms with Crippen molar-refractivity contribution >= 4 is 30.5 Å². The number of carbonyl (C=O) groups excluding carboxylic acids is 1. The zero-order chi connectivity index (χ0) is 16.6. The molecule has 0 bridgehead atoms. The van der Waals surface area contributed by atoms with E-state index in [9.17, 15) is 9.36 Å². The van der Waals surface area contributed by atoms with E-state index in [2.05, 4.69) is 0 Å². The number of hydrogen-bond acceptors (Lipinski definition) is 7. The number of carbonyl (C=O) groups is 1. The first-order valence-corrected chi connectivity index (χ1v) is 9.20. The van der Waals surface area contributed by atoms with Gasteiger partial charge >= 0.3 is 7.60 Å². The first kappa shape index (κ1) is 18.7. The molecule has 8 heteroatoms. The van der Waals surface area contributed by atoms with E-state index in [1.54, 1.807) is 19.9 Å². The van der Waals surface area contributed by atoms with Gasteiger partial charge < -0.3 is 13.5 Å². The monoisotopic (exact) mass is 343 g/mol. The molecule has 0 spiro atoms. The zero-order valence-electron chi connectivity index (χ0n) is 12.7. The van der Waals surface area contributed by atoms with E-state index < -0.39 is 7.60 Å². The molecule has 6 nitrogen and oxygen atoms in total. The standard InChI is InChI=1S/C14H18NO5PS/c1-4-19-21(17,20-5-2)14(6-11(3)16)12-7-13(18-8-12)9-22-10-15/h6-8H,4-5,9H2,1-3H3. The summed E-state index contributed by atoms with van der Waals surface area (Å²) in [5.74, 6) is 0.622. The number of nitrogens with zero attached hydrogens (tertiary/aromatic N) is 1. The Morgan fingerprint density at radius 1 is 1.45 bits per heavy atom. The summed E-state index contributed by atoms with van der Waals surface area (Å²) in [6, 6.07) is 1.63. The second kappa shape index (κ2) is 8.96. The van der Waals surface area contributed by atoms with Crippen LogP contribution in [-0.4, -0.2) is 19.0 Å².